The van der Waals surface area contributed by atoms with Gasteiger partial charge in [0.1, 0.15) is 16.5 Å². The normalized spacial score (nSPS) is 15.4. The summed E-state index contributed by atoms with van der Waals surface area (Å²) in [5.41, 5.74) is 1.21. The van der Waals surface area contributed by atoms with Gasteiger partial charge >= 0.3 is 0 Å². The zero-order chi connectivity index (χ0) is 14.3. The monoisotopic (exact) mass is 290 g/mol. The number of rotatable bonds is 3. The lowest BCUT2D eigenvalue weighted by Crippen LogP contribution is -2.54. The number of hydrogen-bond donors (Lipinski definition) is 1. The molecule has 3 rings (SSSR count). The van der Waals surface area contributed by atoms with Crippen LogP contribution in [-0.4, -0.2) is 35.5 Å². The minimum atomic E-state index is 0.0826. The number of hydrogen-bond acceptors (Lipinski definition) is 5. The third kappa shape index (κ3) is 2.14. The molecule has 0 saturated carbocycles. The summed E-state index contributed by atoms with van der Waals surface area (Å²) in [7, 11) is 0. The van der Waals surface area contributed by atoms with Gasteiger partial charge in [-0.3, -0.25) is 4.79 Å². The van der Waals surface area contributed by atoms with Crippen LogP contribution in [0.5, 0.6) is 0 Å². The van der Waals surface area contributed by atoms with E-state index >= 15 is 0 Å². The Morgan fingerprint density at radius 2 is 2.20 bits per heavy atom. The molecule has 1 N–H and O–H groups in total. The quantitative estimate of drug-likeness (QED) is 0.937. The number of aryl methyl sites for hydroxylation is 2. The molecule has 0 spiro atoms. The van der Waals surface area contributed by atoms with Gasteiger partial charge in [-0.2, -0.15) is 0 Å². The second-order valence-electron chi connectivity index (χ2n) is 5.19. The van der Waals surface area contributed by atoms with Gasteiger partial charge in [0.2, 0.25) is 5.91 Å². The van der Waals surface area contributed by atoms with Gasteiger partial charge in [-0.25, -0.2) is 9.97 Å². The minimum Gasteiger partial charge on any atom is -0.356 e. The first-order valence-electron chi connectivity index (χ1n) is 6.85. The molecule has 6 heteroatoms. The number of fused-ring (bicyclic) bond motifs is 1. The summed E-state index contributed by atoms with van der Waals surface area (Å²) in [5, 5.41) is 6.13. The SMILES string of the molecule is CCNC(=O)C1CN(c2nc(C)nc3scc(C)c23)C1. The highest BCUT2D eigenvalue weighted by atomic mass is 32.1. The first kappa shape index (κ1) is 13.3. The summed E-state index contributed by atoms with van der Waals surface area (Å²) in [4.78, 5) is 24.1. The van der Waals surface area contributed by atoms with E-state index in [1.807, 2.05) is 13.8 Å². The smallest absolute Gasteiger partial charge is 0.226 e. The maximum absolute atomic E-state index is 11.8. The van der Waals surface area contributed by atoms with Crippen molar-refractivity contribution in [3.05, 3.63) is 16.8 Å². The van der Waals surface area contributed by atoms with E-state index in [2.05, 4.69) is 32.5 Å². The van der Waals surface area contributed by atoms with Crippen LogP contribution in [-0.2, 0) is 4.79 Å². The van der Waals surface area contributed by atoms with Crippen LogP contribution < -0.4 is 10.2 Å². The molecular formula is C14H18N4OS. The van der Waals surface area contributed by atoms with Gasteiger partial charge in [0, 0.05) is 19.6 Å². The third-order valence-corrected chi connectivity index (χ3v) is 4.60. The molecule has 1 fully saturated rings. The lowest BCUT2D eigenvalue weighted by molar-refractivity contribution is -0.125. The Morgan fingerprint density at radius 1 is 1.45 bits per heavy atom. The highest BCUT2D eigenvalue weighted by Crippen LogP contribution is 2.34. The maximum Gasteiger partial charge on any atom is 0.226 e. The van der Waals surface area contributed by atoms with Crippen LogP contribution in [0.3, 0.4) is 0 Å². The van der Waals surface area contributed by atoms with Crippen LogP contribution in [0.25, 0.3) is 10.2 Å². The fraction of sp³-hybridized carbons (Fsp3) is 0.500. The van der Waals surface area contributed by atoms with Crippen LogP contribution in [0.1, 0.15) is 18.3 Å². The van der Waals surface area contributed by atoms with Gasteiger partial charge in [0.15, 0.2) is 0 Å². The Kier molecular flexibility index (Phi) is 3.33. The van der Waals surface area contributed by atoms with Crippen LogP contribution in [0.2, 0.25) is 0 Å². The van der Waals surface area contributed by atoms with Gasteiger partial charge in [0.05, 0.1) is 11.3 Å². The van der Waals surface area contributed by atoms with Gasteiger partial charge in [-0.05, 0) is 31.7 Å². The molecule has 0 unspecified atom stereocenters. The van der Waals surface area contributed by atoms with Crippen molar-refractivity contribution in [2.75, 3.05) is 24.5 Å². The van der Waals surface area contributed by atoms with Crippen LogP contribution in [0.15, 0.2) is 5.38 Å². The van der Waals surface area contributed by atoms with E-state index in [0.717, 1.165) is 34.9 Å². The van der Waals surface area contributed by atoms with Crippen molar-refractivity contribution in [2.24, 2.45) is 5.92 Å². The summed E-state index contributed by atoms with van der Waals surface area (Å²) in [5.74, 6) is 2.00. The van der Waals surface area contributed by atoms with E-state index in [1.54, 1.807) is 11.3 Å². The van der Waals surface area contributed by atoms with E-state index < -0.39 is 0 Å². The predicted octanol–water partition coefficient (Wildman–Crippen LogP) is 1.88. The number of aromatic nitrogens is 2. The van der Waals surface area contributed by atoms with E-state index in [9.17, 15) is 4.79 Å². The molecule has 3 heterocycles. The number of carbonyl (C=O) groups is 1. The lowest BCUT2D eigenvalue weighted by atomic mass is 9.98. The topological polar surface area (TPSA) is 58.1 Å². The van der Waals surface area contributed by atoms with Crippen molar-refractivity contribution < 1.29 is 4.79 Å². The predicted molar refractivity (Wildman–Crippen MR) is 81.3 cm³/mol. The van der Waals surface area contributed by atoms with E-state index in [4.69, 9.17) is 0 Å². The molecule has 1 amide bonds. The molecule has 0 aliphatic carbocycles. The number of thiophene rings is 1. The zero-order valence-corrected chi connectivity index (χ0v) is 12.8. The Balaban J connectivity index is 1.86. The van der Waals surface area contributed by atoms with Crippen LogP contribution in [0.4, 0.5) is 5.82 Å². The molecular weight excluding hydrogens is 272 g/mol. The highest BCUT2D eigenvalue weighted by Gasteiger charge is 2.34. The zero-order valence-electron chi connectivity index (χ0n) is 11.9. The molecule has 5 nitrogen and oxygen atoms in total. The standard InChI is InChI=1S/C14H18N4OS/c1-4-15-13(19)10-5-18(6-10)12-11-8(2)7-20-14(11)17-9(3)16-12/h7,10H,4-6H2,1-3H3,(H,15,19). The second-order valence-corrected chi connectivity index (χ2v) is 6.05. The fourth-order valence-electron chi connectivity index (χ4n) is 2.53. The molecule has 2 aromatic heterocycles. The van der Waals surface area contributed by atoms with E-state index in [-0.39, 0.29) is 11.8 Å². The molecule has 20 heavy (non-hydrogen) atoms. The number of nitrogens with zero attached hydrogens (tertiary/aromatic N) is 3. The Morgan fingerprint density at radius 3 is 2.90 bits per heavy atom. The van der Waals surface area contributed by atoms with Crippen molar-refractivity contribution in [3.63, 3.8) is 0 Å². The summed E-state index contributed by atoms with van der Waals surface area (Å²) < 4.78 is 0. The summed E-state index contributed by atoms with van der Waals surface area (Å²) >= 11 is 1.65. The molecule has 2 aromatic rings. The average molecular weight is 290 g/mol. The summed E-state index contributed by atoms with van der Waals surface area (Å²) in [6.07, 6.45) is 0. The molecule has 1 aliphatic heterocycles. The highest BCUT2D eigenvalue weighted by molar-refractivity contribution is 7.17. The average Bonchev–Trinajstić information content (AvgIpc) is 2.69. The van der Waals surface area contributed by atoms with Crippen molar-refractivity contribution in [1.82, 2.24) is 15.3 Å². The second kappa shape index (κ2) is 5.01. The van der Waals surface area contributed by atoms with Crippen molar-refractivity contribution >= 4 is 33.3 Å². The summed E-state index contributed by atoms with van der Waals surface area (Å²) in [6, 6.07) is 0. The van der Waals surface area contributed by atoms with Crippen molar-refractivity contribution in [1.29, 1.82) is 0 Å². The van der Waals surface area contributed by atoms with Crippen LogP contribution >= 0.6 is 11.3 Å². The third-order valence-electron chi connectivity index (χ3n) is 3.61. The minimum absolute atomic E-state index is 0.0826. The first-order valence-corrected chi connectivity index (χ1v) is 7.73. The molecule has 0 aromatic carbocycles. The van der Waals surface area contributed by atoms with Gasteiger partial charge in [-0.1, -0.05) is 0 Å². The van der Waals surface area contributed by atoms with E-state index in [1.165, 1.54) is 5.56 Å². The Hall–Kier alpha value is -1.69. The number of anilines is 1. The number of carbonyl (C=O) groups excluding carboxylic acids is 1. The number of nitrogens with one attached hydrogen (secondary N) is 1. The van der Waals surface area contributed by atoms with E-state index in [0.29, 0.717) is 6.54 Å². The lowest BCUT2D eigenvalue weighted by Gasteiger charge is -2.39. The molecule has 1 saturated heterocycles. The van der Waals surface area contributed by atoms with Gasteiger partial charge < -0.3 is 10.2 Å². The maximum atomic E-state index is 11.8. The first-order chi connectivity index (χ1) is 9.60. The molecule has 0 radical (unpaired) electrons. The van der Waals surface area contributed by atoms with Crippen molar-refractivity contribution in [3.8, 4) is 0 Å². The molecule has 0 bridgehead atoms. The fourth-order valence-corrected chi connectivity index (χ4v) is 3.49. The Bertz CT molecular complexity index is 660. The molecule has 0 atom stereocenters. The van der Waals surface area contributed by atoms with Crippen LogP contribution in [0, 0.1) is 19.8 Å². The summed E-state index contributed by atoms with van der Waals surface area (Å²) in [6.45, 7) is 8.12. The largest absolute Gasteiger partial charge is 0.356 e. The number of amides is 1. The molecule has 1 aliphatic rings. The molecule has 106 valence electrons. The van der Waals surface area contributed by atoms with Gasteiger partial charge in [0.25, 0.3) is 0 Å². The van der Waals surface area contributed by atoms with Crippen molar-refractivity contribution in [2.45, 2.75) is 20.8 Å². The Labute approximate surface area is 122 Å². The van der Waals surface area contributed by atoms with Gasteiger partial charge in [-0.15, -0.1) is 11.3 Å².